The maximum Gasteiger partial charge on any atom is 0.462 e. The van der Waals surface area contributed by atoms with Crippen LogP contribution in [0.1, 0.15) is 24.0 Å². The second-order valence-corrected chi connectivity index (χ2v) is 4.88. The Labute approximate surface area is 105 Å². The van der Waals surface area contributed by atoms with Gasteiger partial charge >= 0.3 is 13.1 Å². The maximum atomic E-state index is 10.7. The highest BCUT2D eigenvalue weighted by Crippen LogP contribution is 2.49. The number of aliphatic carboxylic acids is 1. The van der Waals surface area contributed by atoms with E-state index in [0.717, 1.165) is 24.0 Å². The number of hydrogen-bond donors (Lipinski definition) is 4. The Kier molecular flexibility index (Phi) is 3.43. The van der Waals surface area contributed by atoms with Crippen LogP contribution in [-0.2, 0) is 16.5 Å². The highest BCUT2D eigenvalue weighted by Gasteiger charge is 2.53. The lowest BCUT2D eigenvalue weighted by Crippen LogP contribution is -2.33. The second-order valence-electron chi connectivity index (χ2n) is 4.88. The molecule has 0 amide bonds. The van der Waals surface area contributed by atoms with E-state index in [9.17, 15) is 14.8 Å². The third-order valence-electron chi connectivity index (χ3n) is 3.56. The number of nitrogens with two attached hydrogens (primary N) is 1. The van der Waals surface area contributed by atoms with Crippen molar-refractivity contribution in [2.75, 3.05) is 0 Å². The molecule has 18 heavy (non-hydrogen) atoms. The van der Waals surface area contributed by atoms with Crippen molar-refractivity contribution in [1.29, 1.82) is 0 Å². The molecule has 5 N–H and O–H groups in total. The van der Waals surface area contributed by atoms with E-state index in [1.165, 1.54) is 0 Å². The fourth-order valence-corrected chi connectivity index (χ4v) is 2.18. The van der Waals surface area contributed by atoms with E-state index < -0.39 is 24.4 Å². The van der Waals surface area contributed by atoms with Gasteiger partial charge in [0.05, 0.1) is 0 Å². The molecule has 0 radical (unpaired) electrons. The van der Waals surface area contributed by atoms with Gasteiger partial charge in [-0.1, -0.05) is 24.3 Å². The largest absolute Gasteiger partial charge is 0.480 e. The lowest BCUT2D eigenvalue weighted by molar-refractivity contribution is -0.138. The summed E-state index contributed by atoms with van der Waals surface area (Å²) in [5.41, 5.74) is 7.13. The van der Waals surface area contributed by atoms with Gasteiger partial charge in [0.2, 0.25) is 0 Å². The standard InChI is InChI=1S/C12H16BNO4/c14-10(11(15)16)7-8-2-1-3-9(6-8)12(4-5-12)13(17)18/h1-3,6,10,17-18H,4-5,7,14H2,(H,15,16)/t10-/m0/s1. The van der Waals surface area contributed by atoms with E-state index in [2.05, 4.69) is 0 Å². The van der Waals surface area contributed by atoms with E-state index in [1.807, 2.05) is 12.1 Å². The minimum Gasteiger partial charge on any atom is -0.480 e. The van der Waals surface area contributed by atoms with Crippen molar-refractivity contribution in [1.82, 2.24) is 0 Å². The fraction of sp³-hybridized carbons (Fsp3) is 0.417. The average molecular weight is 249 g/mol. The number of rotatable bonds is 5. The Hall–Kier alpha value is -1.37. The summed E-state index contributed by atoms with van der Waals surface area (Å²) in [5.74, 6) is -1.04. The molecule has 0 bridgehead atoms. The Bertz CT molecular complexity index is 459. The molecule has 1 fully saturated rings. The van der Waals surface area contributed by atoms with Crippen LogP contribution in [0.25, 0.3) is 0 Å². The van der Waals surface area contributed by atoms with Crippen LogP contribution in [-0.4, -0.2) is 34.3 Å². The topological polar surface area (TPSA) is 104 Å². The Morgan fingerprint density at radius 3 is 2.61 bits per heavy atom. The highest BCUT2D eigenvalue weighted by molar-refractivity contribution is 6.47. The van der Waals surface area contributed by atoms with Gasteiger partial charge in [-0.3, -0.25) is 4.79 Å². The molecule has 0 aliphatic heterocycles. The first-order chi connectivity index (χ1) is 8.45. The highest BCUT2D eigenvalue weighted by atomic mass is 16.4. The molecule has 0 spiro atoms. The van der Waals surface area contributed by atoms with Gasteiger partial charge in [0, 0.05) is 5.31 Å². The zero-order chi connectivity index (χ0) is 13.3. The minimum atomic E-state index is -1.37. The fourth-order valence-electron chi connectivity index (χ4n) is 2.18. The summed E-state index contributed by atoms with van der Waals surface area (Å²) in [4.78, 5) is 10.7. The first-order valence-electron chi connectivity index (χ1n) is 5.90. The van der Waals surface area contributed by atoms with Gasteiger partial charge < -0.3 is 20.9 Å². The smallest absolute Gasteiger partial charge is 0.462 e. The van der Waals surface area contributed by atoms with Crippen molar-refractivity contribution >= 4 is 13.1 Å². The van der Waals surface area contributed by atoms with E-state index in [4.69, 9.17) is 10.8 Å². The molecule has 96 valence electrons. The lowest BCUT2D eigenvalue weighted by Gasteiger charge is -2.16. The van der Waals surface area contributed by atoms with Gasteiger partial charge in [-0.15, -0.1) is 0 Å². The summed E-state index contributed by atoms with van der Waals surface area (Å²) in [5, 5.41) is 27.0. The van der Waals surface area contributed by atoms with Crippen molar-refractivity contribution in [3.63, 3.8) is 0 Å². The molecule has 1 aliphatic carbocycles. The van der Waals surface area contributed by atoms with Gasteiger partial charge in [0.1, 0.15) is 6.04 Å². The minimum absolute atomic E-state index is 0.237. The van der Waals surface area contributed by atoms with Crippen LogP contribution in [0.5, 0.6) is 0 Å². The molecule has 1 aromatic carbocycles. The van der Waals surface area contributed by atoms with Gasteiger partial charge in [-0.2, -0.15) is 0 Å². The third-order valence-corrected chi connectivity index (χ3v) is 3.56. The molecule has 1 aromatic rings. The van der Waals surface area contributed by atoms with Crippen molar-refractivity contribution < 1.29 is 19.9 Å². The summed E-state index contributed by atoms with van der Waals surface area (Å²) in [6.45, 7) is 0. The van der Waals surface area contributed by atoms with E-state index >= 15 is 0 Å². The van der Waals surface area contributed by atoms with Crippen LogP contribution >= 0.6 is 0 Å². The van der Waals surface area contributed by atoms with Crippen molar-refractivity contribution in [2.45, 2.75) is 30.6 Å². The quantitative estimate of drug-likeness (QED) is 0.535. The predicted octanol–water partition coefficient (Wildman–Crippen LogP) is -0.315. The molecule has 1 atom stereocenters. The number of carboxylic acids is 1. The molecule has 1 aliphatic rings. The predicted molar refractivity (Wildman–Crippen MR) is 66.9 cm³/mol. The molecule has 2 rings (SSSR count). The van der Waals surface area contributed by atoms with Gasteiger partial charge in [-0.25, -0.2) is 0 Å². The summed E-state index contributed by atoms with van der Waals surface area (Å²) >= 11 is 0. The molecule has 1 saturated carbocycles. The molecular formula is C12H16BNO4. The molecule has 0 heterocycles. The van der Waals surface area contributed by atoms with Crippen molar-refractivity contribution in [2.24, 2.45) is 5.73 Å². The summed E-state index contributed by atoms with van der Waals surface area (Å²) in [6, 6.07) is 6.31. The number of carbonyl (C=O) groups is 1. The summed E-state index contributed by atoms with van der Waals surface area (Å²) < 4.78 is 0. The van der Waals surface area contributed by atoms with Crippen molar-refractivity contribution in [3.05, 3.63) is 35.4 Å². The van der Waals surface area contributed by atoms with Crippen LogP contribution in [0, 0.1) is 0 Å². The van der Waals surface area contributed by atoms with Crippen LogP contribution in [0.3, 0.4) is 0 Å². The van der Waals surface area contributed by atoms with Gasteiger partial charge in [0.15, 0.2) is 0 Å². The Morgan fingerprint density at radius 1 is 1.44 bits per heavy atom. The maximum absolute atomic E-state index is 10.7. The van der Waals surface area contributed by atoms with Crippen LogP contribution < -0.4 is 5.73 Å². The van der Waals surface area contributed by atoms with Gasteiger partial charge in [0.25, 0.3) is 0 Å². The molecule has 6 heteroatoms. The van der Waals surface area contributed by atoms with E-state index in [1.54, 1.807) is 12.1 Å². The van der Waals surface area contributed by atoms with Crippen LogP contribution in [0.4, 0.5) is 0 Å². The SMILES string of the molecule is N[C@@H](Cc1cccc(C2(B(O)O)CC2)c1)C(=O)O. The first kappa shape index (κ1) is 13.1. The molecule has 5 nitrogen and oxygen atoms in total. The zero-order valence-corrected chi connectivity index (χ0v) is 9.91. The number of benzene rings is 1. The van der Waals surface area contributed by atoms with Gasteiger partial charge in [-0.05, 0) is 30.4 Å². The first-order valence-corrected chi connectivity index (χ1v) is 5.90. The van der Waals surface area contributed by atoms with Crippen LogP contribution in [0.2, 0.25) is 0 Å². The normalized spacial score (nSPS) is 18.2. The average Bonchev–Trinajstić information content (AvgIpc) is 3.10. The van der Waals surface area contributed by atoms with E-state index in [0.29, 0.717) is 0 Å². The number of hydrogen-bond acceptors (Lipinski definition) is 4. The summed E-state index contributed by atoms with van der Waals surface area (Å²) in [6.07, 6.45) is 1.71. The zero-order valence-electron chi connectivity index (χ0n) is 9.91. The molecule has 0 aromatic heterocycles. The Balaban J connectivity index is 2.18. The Morgan fingerprint density at radius 2 is 2.11 bits per heavy atom. The summed E-state index contributed by atoms with van der Waals surface area (Å²) in [7, 11) is -1.37. The lowest BCUT2D eigenvalue weighted by atomic mass is 9.65. The monoisotopic (exact) mass is 249 g/mol. The van der Waals surface area contributed by atoms with Crippen LogP contribution in [0.15, 0.2) is 24.3 Å². The number of carboxylic acid groups (broad SMARTS) is 1. The van der Waals surface area contributed by atoms with E-state index in [-0.39, 0.29) is 6.42 Å². The molecule has 0 unspecified atom stereocenters. The second kappa shape index (κ2) is 4.72. The molecular weight excluding hydrogens is 233 g/mol. The third kappa shape index (κ3) is 2.41. The molecule has 0 saturated heterocycles. The van der Waals surface area contributed by atoms with Crippen molar-refractivity contribution in [3.8, 4) is 0 Å².